The summed E-state index contributed by atoms with van der Waals surface area (Å²) in [7, 11) is 1.31. The topological polar surface area (TPSA) is 35.2 Å². The molecule has 0 bridgehead atoms. The summed E-state index contributed by atoms with van der Waals surface area (Å²) in [6, 6.07) is 3.29. The lowest BCUT2D eigenvalue weighted by Gasteiger charge is -2.13. The Kier molecular flexibility index (Phi) is 6.21. The molecule has 1 aromatic rings. The minimum absolute atomic E-state index is 0. The predicted molar refractivity (Wildman–Crippen MR) is 57.7 cm³/mol. The third-order valence-corrected chi connectivity index (χ3v) is 2.04. The molecule has 0 saturated carbocycles. The van der Waals surface area contributed by atoms with Gasteiger partial charge in [-0.3, -0.25) is 0 Å². The van der Waals surface area contributed by atoms with E-state index in [1.165, 1.54) is 25.3 Å². The number of ether oxygens (including phenoxy) is 1. The minimum Gasteiger partial charge on any atom is -0.494 e. The zero-order chi connectivity index (χ0) is 11.4. The van der Waals surface area contributed by atoms with Crippen molar-refractivity contribution >= 4 is 12.4 Å². The number of nitrogens with two attached hydrogens (primary N) is 1. The SMILES string of the molecule is COc1cccc([C@H](N)CC(F)F)c1F.Cl. The molecular formula is C10H13ClF3NO. The maximum absolute atomic E-state index is 13.5. The van der Waals surface area contributed by atoms with E-state index in [4.69, 9.17) is 10.5 Å². The highest BCUT2D eigenvalue weighted by atomic mass is 35.5. The summed E-state index contributed by atoms with van der Waals surface area (Å²) < 4.78 is 42.3. The van der Waals surface area contributed by atoms with Gasteiger partial charge in [-0.1, -0.05) is 12.1 Å². The molecule has 0 amide bonds. The third kappa shape index (κ3) is 3.57. The van der Waals surface area contributed by atoms with Crippen LogP contribution in [-0.4, -0.2) is 13.5 Å². The highest BCUT2D eigenvalue weighted by Crippen LogP contribution is 2.26. The zero-order valence-corrected chi connectivity index (χ0v) is 9.44. The standard InChI is InChI=1S/C10H12F3NO.ClH/c1-15-8-4-2-3-6(10(8)13)7(14)5-9(11)12;/h2-4,7,9H,5,14H2,1H3;1H/t7-;/m1./s1. The first kappa shape index (κ1) is 15.1. The molecule has 1 rings (SSSR count). The average molecular weight is 256 g/mol. The Balaban J connectivity index is 0.00000225. The molecule has 1 atom stereocenters. The van der Waals surface area contributed by atoms with Gasteiger partial charge >= 0.3 is 0 Å². The Bertz CT molecular complexity index is 336. The van der Waals surface area contributed by atoms with Crippen LogP contribution in [0.15, 0.2) is 18.2 Å². The number of benzene rings is 1. The van der Waals surface area contributed by atoms with Crippen LogP contribution in [0.3, 0.4) is 0 Å². The molecule has 2 nitrogen and oxygen atoms in total. The van der Waals surface area contributed by atoms with Crippen LogP contribution in [0.5, 0.6) is 5.75 Å². The summed E-state index contributed by atoms with van der Waals surface area (Å²) in [6.45, 7) is 0. The van der Waals surface area contributed by atoms with E-state index in [0.717, 1.165) is 0 Å². The van der Waals surface area contributed by atoms with Crippen LogP contribution in [0.2, 0.25) is 0 Å². The highest BCUT2D eigenvalue weighted by molar-refractivity contribution is 5.85. The predicted octanol–water partition coefficient (Wildman–Crippen LogP) is 2.91. The van der Waals surface area contributed by atoms with Crippen molar-refractivity contribution in [1.29, 1.82) is 0 Å². The lowest BCUT2D eigenvalue weighted by Crippen LogP contribution is -2.15. The van der Waals surface area contributed by atoms with Gasteiger partial charge in [-0.2, -0.15) is 0 Å². The molecule has 0 fully saturated rings. The highest BCUT2D eigenvalue weighted by Gasteiger charge is 2.18. The minimum atomic E-state index is -2.55. The van der Waals surface area contributed by atoms with Crippen LogP contribution >= 0.6 is 12.4 Å². The van der Waals surface area contributed by atoms with E-state index >= 15 is 0 Å². The molecule has 0 aliphatic carbocycles. The van der Waals surface area contributed by atoms with E-state index in [1.54, 1.807) is 0 Å². The fourth-order valence-corrected chi connectivity index (χ4v) is 1.29. The Morgan fingerprint density at radius 3 is 2.50 bits per heavy atom. The lowest BCUT2D eigenvalue weighted by molar-refractivity contribution is 0.128. The number of hydrogen-bond donors (Lipinski definition) is 1. The van der Waals surface area contributed by atoms with Crippen molar-refractivity contribution in [3.8, 4) is 5.75 Å². The number of halogens is 4. The van der Waals surface area contributed by atoms with Crippen LogP contribution in [0, 0.1) is 5.82 Å². The number of methoxy groups -OCH3 is 1. The second kappa shape index (κ2) is 6.60. The van der Waals surface area contributed by atoms with Crippen LogP contribution in [-0.2, 0) is 0 Å². The van der Waals surface area contributed by atoms with Crippen molar-refractivity contribution in [3.05, 3.63) is 29.6 Å². The van der Waals surface area contributed by atoms with Gasteiger partial charge in [0.1, 0.15) is 0 Å². The van der Waals surface area contributed by atoms with Crippen molar-refractivity contribution in [2.45, 2.75) is 18.9 Å². The molecule has 92 valence electrons. The van der Waals surface area contributed by atoms with E-state index in [9.17, 15) is 13.2 Å². The molecule has 0 radical (unpaired) electrons. The lowest BCUT2D eigenvalue weighted by atomic mass is 10.0. The number of rotatable bonds is 4. The fourth-order valence-electron chi connectivity index (χ4n) is 1.29. The molecule has 0 aliphatic heterocycles. The summed E-state index contributed by atoms with van der Waals surface area (Å²) in [5.41, 5.74) is 5.50. The van der Waals surface area contributed by atoms with Crippen LogP contribution in [0.1, 0.15) is 18.0 Å². The Morgan fingerprint density at radius 2 is 2.00 bits per heavy atom. The van der Waals surface area contributed by atoms with E-state index in [1.807, 2.05) is 0 Å². The first-order chi connectivity index (χ1) is 7.06. The van der Waals surface area contributed by atoms with Gasteiger partial charge in [-0.05, 0) is 6.07 Å². The number of hydrogen-bond acceptors (Lipinski definition) is 2. The summed E-state index contributed by atoms with van der Waals surface area (Å²) in [5.74, 6) is -0.662. The van der Waals surface area contributed by atoms with Crippen LogP contribution in [0.4, 0.5) is 13.2 Å². The molecule has 0 saturated heterocycles. The Labute approximate surface area is 98.0 Å². The summed E-state index contributed by atoms with van der Waals surface area (Å²) in [4.78, 5) is 0. The zero-order valence-electron chi connectivity index (χ0n) is 8.62. The fraction of sp³-hybridized carbons (Fsp3) is 0.400. The monoisotopic (exact) mass is 255 g/mol. The maximum Gasteiger partial charge on any atom is 0.240 e. The first-order valence-electron chi connectivity index (χ1n) is 4.42. The van der Waals surface area contributed by atoms with Gasteiger partial charge in [0.05, 0.1) is 7.11 Å². The van der Waals surface area contributed by atoms with Gasteiger partial charge in [0, 0.05) is 18.0 Å². The Hall–Kier alpha value is -0.940. The first-order valence-corrected chi connectivity index (χ1v) is 4.42. The van der Waals surface area contributed by atoms with Crippen molar-refractivity contribution < 1.29 is 17.9 Å². The molecule has 0 unspecified atom stereocenters. The molecule has 1 aromatic carbocycles. The summed E-state index contributed by atoms with van der Waals surface area (Å²) in [6.07, 6.45) is -3.12. The van der Waals surface area contributed by atoms with Crippen molar-refractivity contribution in [2.75, 3.05) is 7.11 Å². The van der Waals surface area contributed by atoms with Gasteiger partial charge < -0.3 is 10.5 Å². The second-order valence-corrected chi connectivity index (χ2v) is 3.10. The van der Waals surface area contributed by atoms with E-state index in [2.05, 4.69) is 0 Å². The molecule has 6 heteroatoms. The average Bonchev–Trinajstić information content (AvgIpc) is 2.17. The van der Waals surface area contributed by atoms with Gasteiger partial charge in [0.2, 0.25) is 6.43 Å². The summed E-state index contributed by atoms with van der Waals surface area (Å²) >= 11 is 0. The maximum atomic E-state index is 13.5. The molecule has 2 N–H and O–H groups in total. The normalized spacial score (nSPS) is 12.1. The smallest absolute Gasteiger partial charge is 0.240 e. The van der Waals surface area contributed by atoms with E-state index in [0.29, 0.717) is 0 Å². The van der Waals surface area contributed by atoms with Crippen molar-refractivity contribution in [1.82, 2.24) is 0 Å². The third-order valence-electron chi connectivity index (χ3n) is 2.04. The number of alkyl halides is 2. The quantitative estimate of drug-likeness (QED) is 0.898. The van der Waals surface area contributed by atoms with Gasteiger partial charge in [0.25, 0.3) is 0 Å². The van der Waals surface area contributed by atoms with E-state index < -0.39 is 24.7 Å². The van der Waals surface area contributed by atoms with E-state index in [-0.39, 0.29) is 23.7 Å². The second-order valence-electron chi connectivity index (χ2n) is 3.10. The molecule has 0 aliphatic rings. The summed E-state index contributed by atoms with van der Waals surface area (Å²) in [5, 5.41) is 0. The molecule has 0 spiro atoms. The molecular weight excluding hydrogens is 243 g/mol. The Morgan fingerprint density at radius 1 is 1.38 bits per heavy atom. The molecule has 16 heavy (non-hydrogen) atoms. The molecule has 0 aromatic heterocycles. The largest absolute Gasteiger partial charge is 0.494 e. The van der Waals surface area contributed by atoms with Gasteiger partial charge in [-0.25, -0.2) is 13.2 Å². The van der Waals surface area contributed by atoms with Crippen molar-refractivity contribution in [3.63, 3.8) is 0 Å². The molecule has 0 heterocycles. The van der Waals surface area contributed by atoms with Crippen molar-refractivity contribution in [2.24, 2.45) is 5.73 Å². The van der Waals surface area contributed by atoms with Crippen LogP contribution < -0.4 is 10.5 Å². The van der Waals surface area contributed by atoms with Crippen LogP contribution in [0.25, 0.3) is 0 Å². The van der Waals surface area contributed by atoms with Gasteiger partial charge in [-0.15, -0.1) is 12.4 Å². The van der Waals surface area contributed by atoms with Gasteiger partial charge in [0.15, 0.2) is 11.6 Å².